The molecule has 0 saturated carbocycles. The van der Waals surface area contributed by atoms with E-state index in [0.29, 0.717) is 11.3 Å². The predicted molar refractivity (Wildman–Crippen MR) is 56.1 cm³/mol. The van der Waals surface area contributed by atoms with Crippen LogP contribution in [0.25, 0.3) is 11.3 Å². The molecule has 1 N–H and O–H groups in total. The van der Waals surface area contributed by atoms with Gasteiger partial charge in [0.2, 0.25) is 5.76 Å². The molecule has 16 heavy (non-hydrogen) atoms. The van der Waals surface area contributed by atoms with Gasteiger partial charge in [-0.3, -0.25) is 0 Å². The van der Waals surface area contributed by atoms with Crippen LogP contribution in [0.15, 0.2) is 34.7 Å². The van der Waals surface area contributed by atoms with Crippen molar-refractivity contribution in [2.75, 3.05) is 0 Å². The van der Waals surface area contributed by atoms with Gasteiger partial charge >= 0.3 is 5.97 Å². The highest BCUT2D eigenvalue weighted by Crippen LogP contribution is 2.29. The van der Waals surface area contributed by atoms with Crippen molar-refractivity contribution >= 4 is 17.6 Å². The van der Waals surface area contributed by atoms with Gasteiger partial charge in [0.05, 0.1) is 5.02 Å². The topological polar surface area (TPSA) is 50.4 Å². The Morgan fingerprint density at radius 1 is 1.31 bits per heavy atom. The van der Waals surface area contributed by atoms with Crippen LogP contribution in [0.3, 0.4) is 0 Å². The SMILES string of the molecule is O=C(O)c1ccc(-c2ccc(F)cc2Cl)o1. The minimum absolute atomic E-state index is 0.172. The van der Waals surface area contributed by atoms with Crippen molar-refractivity contribution < 1.29 is 18.7 Å². The molecule has 0 amide bonds. The molecule has 2 rings (SSSR count). The molecule has 1 heterocycles. The molecule has 0 fully saturated rings. The van der Waals surface area contributed by atoms with Crippen LogP contribution < -0.4 is 0 Å². The van der Waals surface area contributed by atoms with E-state index in [1.165, 1.54) is 24.3 Å². The Labute approximate surface area is 95.1 Å². The number of halogens is 2. The molecule has 3 nitrogen and oxygen atoms in total. The lowest BCUT2D eigenvalue weighted by Crippen LogP contribution is -1.91. The number of hydrogen-bond donors (Lipinski definition) is 1. The van der Waals surface area contributed by atoms with Crippen molar-refractivity contribution in [3.63, 3.8) is 0 Å². The third kappa shape index (κ3) is 1.92. The molecule has 0 aliphatic heterocycles. The van der Waals surface area contributed by atoms with Crippen molar-refractivity contribution in [2.45, 2.75) is 0 Å². The van der Waals surface area contributed by atoms with E-state index in [1.54, 1.807) is 0 Å². The normalized spacial score (nSPS) is 10.4. The lowest BCUT2D eigenvalue weighted by molar-refractivity contribution is 0.0663. The first-order chi connectivity index (χ1) is 7.58. The maximum Gasteiger partial charge on any atom is 0.371 e. The number of hydrogen-bond acceptors (Lipinski definition) is 2. The molecule has 1 aromatic carbocycles. The Morgan fingerprint density at radius 2 is 2.06 bits per heavy atom. The molecule has 0 aliphatic rings. The highest BCUT2D eigenvalue weighted by Gasteiger charge is 2.12. The van der Waals surface area contributed by atoms with Crippen LogP contribution in [0.4, 0.5) is 4.39 Å². The van der Waals surface area contributed by atoms with Crippen molar-refractivity contribution in [1.82, 2.24) is 0 Å². The van der Waals surface area contributed by atoms with E-state index in [2.05, 4.69) is 0 Å². The van der Waals surface area contributed by atoms with E-state index < -0.39 is 11.8 Å². The van der Waals surface area contributed by atoms with Gasteiger partial charge in [0.25, 0.3) is 0 Å². The van der Waals surface area contributed by atoms with E-state index in [9.17, 15) is 9.18 Å². The van der Waals surface area contributed by atoms with E-state index in [-0.39, 0.29) is 10.8 Å². The van der Waals surface area contributed by atoms with E-state index in [0.717, 1.165) is 6.07 Å². The average Bonchev–Trinajstić information content (AvgIpc) is 2.66. The summed E-state index contributed by atoms with van der Waals surface area (Å²) in [6, 6.07) is 6.59. The molecule has 5 heteroatoms. The van der Waals surface area contributed by atoms with Crippen molar-refractivity contribution in [2.24, 2.45) is 0 Å². The second-order valence-electron chi connectivity index (χ2n) is 3.09. The monoisotopic (exact) mass is 240 g/mol. The van der Waals surface area contributed by atoms with Crippen LogP contribution in [-0.4, -0.2) is 11.1 Å². The summed E-state index contributed by atoms with van der Waals surface area (Å²) in [5.74, 6) is -1.51. The molecule has 0 radical (unpaired) electrons. The Kier molecular flexibility index (Phi) is 2.66. The number of aromatic carboxylic acids is 1. The highest BCUT2D eigenvalue weighted by molar-refractivity contribution is 6.33. The smallest absolute Gasteiger partial charge is 0.371 e. The average molecular weight is 241 g/mol. The zero-order valence-electron chi connectivity index (χ0n) is 7.91. The number of carboxylic acids is 1. The van der Waals surface area contributed by atoms with E-state index in [4.69, 9.17) is 21.1 Å². The largest absolute Gasteiger partial charge is 0.475 e. The zero-order chi connectivity index (χ0) is 11.7. The molecular weight excluding hydrogens is 235 g/mol. The minimum atomic E-state index is -1.16. The van der Waals surface area contributed by atoms with E-state index >= 15 is 0 Å². The fourth-order valence-corrected chi connectivity index (χ4v) is 1.55. The van der Waals surface area contributed by atoms with Gasteiger partial charge in [-0.25, -0.2) is 9.18 Å². The van der Waals surface area contributed by atoms with E-state index in [1.807, 2.05) is 0 Å². The van der Waals surface area contributed by atoms with Gasteiger partial charge in [-0.15, -0.1) is 0 Å². The molecule has 1 aromatic heterocycles. The molecule has 0 unspecified atom stereocenters. The van der Waals surface area contributed by atoms with Crippen LogP contribution in [0, 0.1) is 5.82 Å². The van der Waals surface area contributed by atoms with Crippen molar-refractivity contribution in [3.8, 4) is 11.3 Å². The van der Waals surface area contributed by atoms with Gasteiger partial charge in [-0.1, -0.05) is 11.6 Å². The molecular formula is C11H6ClFO3. The summed E-state index contributed by atoms with van der Waals surface area (Å²) in [4.78, 5) is 10.6. The van der Waals surface area contributed by atoms with Gasteiger partial charge in [-0.2, -0.15) is 0 Å². The first-order valence-electron chi connectivity index (χ1n) is 4.36. The second-order valence-corrected chi connectivity index (χ2v) is 3.50. The van der Waals surface area contributed by atoms with Gasteiger partial charge in [0.1, 0.15) is 11.6 Å². The lowest BCUT2D eigenvalue weighted by Gasteiger charge is -2.00. The maximum absolute atomic E-state index is 12.8. The first kappa shape index (κ1) is 10.7. The van der Waals surface area contributed by atoms with Crippen LogP contribution in [0.1, 0.15) is 10.6 Å². The molecule has 82 valence electrons. The number of furan rings is 1. The van der Waals surface area contributed by atoms with Crippen LogP contribution >= 0.6 is 11.6 Å². The van der Waals surface area contributed by atoms with Crippen LogP contribution in [0.2, 0.25) is 5.02 Å². The van der Waals surface area contributed by atoms with Crippen molar-refractivity contribution in [3.05, 3.63) is 46.9 Å². The molecule has 2 aromatic rings. The van der Waals surface area contributed by atoms with Gasteiger partial charge in [0.15, 0.2) is 0 Å². The van der Waals surface area contributed by atoms with Gasteiger partial charge in [0, 0.05) is 5.56 Å². The molecule has 0 spiro atoms. The third-order valence-corrected chi connectivity index (χ3v) is 2.33. The highest BCUT2D eigenvalue weighted by atomic mass is 35.5. The zero-order valence-corrected chi connectivity index (χ0v) is 8.66. The van der Waals surface area contributed by atoms with Crippen molar-refractivity contribution in [1.29, 1.82) is 0 Å². The summed E-state index contributed by atoms with van der Waals surface area (Å²) < 4.78 is 17.8. The number of benzene rings is 1. The summed E-state index contributed by atoms with van der Waals surface area (Å²) in [5.41, 5.74) is 0.454. The third-order valence-electron chi connectivity index (χ3n) is 2.01. The fourth-order valence-electron chi connectivity index (χ4n) is 1.29. The summed E-state index contributed by atoms with van der Waals surface area (Å²) in [5, 5.41) is 8.84. The predicted octanol–water partition coefficient (Wildman–Crippen LogP) is 3.44. The molecule has 0 saturated heterocycles. The number of carboxylic acid groups (broad SMARTS) is 1. The Balaban J connectivity index is 2.46. The number of carbonyl (C=O) groups is 1. The second kappa shape index (κ2) is 3.98. The molecule has 0 atom stereocenters. The minimum Gasteiger partial charge on any atom is -0.475 e. The first-order valence-corrected chi connectivity index (χ1v) is 4.74. The molecule has 0 aliphatic carbocycles. The van der Waals surface area contributed by atoms with Crippen LogP contribution in [-0.2, 0) is 0 Å². The quantitative estimate of drug-likeness (QED) is 0.875. The summed E-state index contributed by atoms with van der Waals surface area (Å²) in [6.07, 6.45) is 0. The number of rotatable bonds is 2. The maximum atomic E-state index is 12.8. The van der Waals surface area contributed by atoms with Crippen LogP contribution in [0.5, 0.6) is 0 Å². The molecule has 0 bridgehead atoms. The standard InChI is InChI=1S/C11H6ClFO3/c12-8-5-6(13)1-2-7(8)9-3-4-10(16-9)11(14)15/h1-5H,(H,14,15). The summed E-state index contributed by atoms with van der Waals surface area (Å²) in [7, 11) is 0. The Bertz CT molecular complexity index is 548. The summed E-state index contributed by atoms with van der Waals surface area (Å²) in [6.45, 7) is 0. The summed E-state index contributed by atoms with van der Waals surface area (Å²) >= 11 is 5.81. The fraction of sp³-hybridized carbons (Fsp3) is 0. The Morgan fingerprint density at radius 3 is 2.62 bits per heavy atom. The Hall–Kier alpha value is -1.81. The lowest BCUT2D eigenvalue weighted by atomic mass is 10.2. The van der Waals surface area contributed by atoms with Gasteiger partial charge < -0.3 is 9.52 Å². The van der Waals surface area contributed by atoms with Gasteiger partial charge in [-0.05, 0) is 30.3 Å².